The van der Waals surface area contributed by atoms with E-state index in [0.717, 1.165) is 24.2 Å². The largest absolute Gasteiger partial charge is 0.508 e. The lowest BCUT2D eigenvalue weighted by Crippen LogP contribution is -2.41. The second-order valence-electron chi connectivity index (χ2n) is 5.56. The summed E-state index contributed by atoms with van der Waals surface area (Å²) in [4.78, 5) is 13.9. The van der Waals surface area contributed by atoms with E-state index in [-0.39, 0.29) is 11.8 Å². The Morgan fingerprint density at radius 1 is 1.38 bits per heavy atom. The van der Waals surface area contributed by atoms with Crippen molar-refractivity contribution < 1.29 is 9.90 Å². The standard InChI is InChI=1S/C16H24N2O2S/c1-3-21-15-9-6-13(10-15)17-16(20)18(2)11-12-4-7-14(19)8-5-12/h4-5,7-8,13,15,19H,3,6,9-11H2,1-2H3,(H,17,20)/t13-,15+/m0/s1. The van der Waals surface area contributed by atoms with Crippen molar-refractivity contribution in [1.29, 1.82) is 0 Å². The number of rotatable bonds is 5. The highest BCUT2D eigenvalue weighted by Crippen LogP contribution is 2.29. The Morgan fingerprint density at radius 2 is 2.10 bits per heavy atom. The summed E-state index contributed by atoms with van der Waals surface area (Å²) in [7, 11) is 1.80. The fraction of sp³-hybridized carbons (Fsp3) is 0.562. The number of urea groups is 1. The van der Waals surface area contributed by atoms with Gasteiger partial charge in [0.15, 0.2) is 0 Å². The molecule has 0 aliphatic heterocycles. The Labute approximate surface area is 130 Å². The lowest BCUT2D eigenvalue weighted by atomic mass is 10.2. The van der Waals surface area contributed by atoms with E-state index in [1.165, 1.54) is 6.42 Å². The number of hydrogen-bond donors (Lipinski definition) is 2. The maximum Gasteiger partial charge on any atom is 0.317 e. The maximum absolute atomic E-state index is 12.2. The van der Waals surface area contributed by atoms with Crippen LogP contribution in [0.25, 0.3) is 0 Å². The first kappa shape index (κ1) is 16.0. The molecule has 0 radical (unpaired) electrons. The molecule has 1 aromatic carbocycles. The van der Waals surface area contributed by atoms with Crippen LogP contribution in [0.2, 0.25) is 0 Å². The molecule has 2 amide bonds. The van der Waals surface area contributed by atoms with Crippen LogP contribution >= 0.6 is 11.8 Å². The van der Waals surface area contributed by atoms with Gasteiger partial charge in [0.1, 0.15) is 5.75 Å². The Balaban J connectivity index is 1.79. The van der Waals surface area contributed by atoms with Crippen molar-refractivity contribution in [3.8, 4) is 5.75 Å². The Morgan fingerprint density at radius 3 is 2.76 bits per heavy atom. The number of phenols is 1. The van der Waals surface area contributed by atoms with E-state index in [0.29, 0.717) is 17.8 Å². The normalized spacial score (nSPS) is 21.2. The van der Waals surface area contributed by atoms with E-state index in [1.54, 1.807) is 24.1 Å². The molecule has 0 bridgehead atoms. The predicted molar refractivity (Wildman–Crippen MR) is 87.7 cm³/mol. The van der Waals surface area contributed by atoms with Gasteiger partial charge >= 0.3 is 6.03 Å². The predicted octanol–water partition coefficient (Wildman–Crippen LogP) is 3.21. The highest BCUT2D eigenvalue weighted by atomic mass is 32.2. The molecule has 0 aromatic heterocycles. The van der Waals surface area contributed by atoms with Gasteiger partial charge in [0.25, 0.3) is 0 Å². The molecular formula is C16H24N2O2S. The molecule has 5 heteroatoms. The molecule has 1 aromatic rings. The van der Waals surface area contributed by atoms with Gasteiger partial charge < -0.3 is 15.3 Å². The minimum Gasteiger partial charge on any atom is -0.508 e. The molecule has 2 atom stereocenters. The smallest absolute Gasteiger partial charge is 0.317 e. The van der Waals surface area contributed by atoms with Crippen molar-refractivity contribution in [2.24, 2.45) is 0 Å². The van der Waals surface area contributed by atoms with Crippen molar-refractivity contribution in [2.45, 2.75) is 44.0 Å². The number of benzene rings is 1. The van der Waals surface area contributed by atoms with Crippen molar-refractivity contribution in [1.82, 2.24) is 10.2 Å². The van der Waals surface area contributed by atoms with Crippen LogP contribution in [0.3, 0.4) is 0 Å². The Hall–Kier alpha value is -1.36. The number of thioether (sulfide) groups is 1. The van der Waals surface area contributed by atoms with Crippen molar-refractivity contribution in [3.63, 3.8) is 0 Å². The van der Waals surface area contributed by atoms with Gasteiger partial charge in [0.2, 0.25) is 0 Å². The quantitative estimate of drug-likeness (QED) is 0.878. The number of carbonyl (C=O) groups excluding carboxylic acids is 1. The zero-order valence-electron chi connectivity index (χ0n) is 12.7. The fourth-order valence-electron chi connectivity index (χ4n) is 2.69. The molecule has 2 N–H and O–H groups in total. The van der Waals surface area contributed by atoms with Crippen molar-refractivity contribution in [3.05, 3.63) is 29.8 Å². The van der Waals surface area contributed by atoms with Crippen LogP contribution in [-0.2, 0) is 6.54 Å². The van der Waals surface area contributed by atoms with Crippen LogP contribution in [0.4, 0.5) is 4.79 Å². The molecule has 4 nitrogen and oxygen atoms in total. The highest BCUT2D eigenvalue weighted by molar-refractivity contribution is 7.99. The number of nitrogens with one attached hydrogen (secondary N) is 1. The summed E-state index contributed by atoms with van der Waals surface area (Å²) in [5.74, 6) is 1.39. The molecule has 1 saturated carbocycles. The molecule has 0 spiro atoms. The van der Waals surface area contributed by atoms with E-state index in [2.05, 4.69) is 12.2 Å². The number of nitrogens with zero attached hydrogens (tertiary/aromatic N) is 1. The third-order valence-corrected chi connectivity index (χ3v) is 5.05. The van der Waals surface area contributed by atoms with Gasteiger partial charge in [-0.2, -0.15) is 11.8 Å². The maximum atomic E-state index is 12.2. The van der Waals surface area contributed by atoms with E-state index < -0.39 is 0 Å². The van der Waals surface area contributed by atoms with Gasteiger partial charge in [-0.05, 0) is 42.7 Å². The third-order valence-electron chi connectivity index (χ3n) is 3.82. The van der Waals surface area contributed by atoms with E-state index in [9.17, 15) is 9.90 Å². The first-order chi connectivity index (χ1) is 10.1. The van der Waals surface area contributed by atoms with Crippen molar-refractivity contribution >= 4 is 17.8 Å². The summed E-state index contributed by atoms with van der Waals surface area (Å²) >= 11 is 1.99. The molecular weight excluding hydrogens is 284 g/mol. The average molecular weight is 308 g/mol. The van der Waals surface area contributed by atoms with Crippen LogP contribution in [-0.4, -0.2) is 40.1 Å². The minimum atomic E-state index is -0.0183. The summed E-state index contributed by atoms with van der Waals surface area (Å²) < 4.78 is 0. The first-order valence-electron chi connectivity index (χ1n) is 7.49. The first-order valence-corrected chi connectivity index (χ1v) is 8.54. The average Bonchev–Trinajstić information content (AvgIpc) is 2.89. The lowest BCUT2D eigenvalue weighted by molar-refractivity contribution is 0.203. The van der Waals surface area contributed by atoms with Gasteiger partial charge in [0, 0.05) is 24.9 Å². The number of phenolic OH excluding ortho intramolecular Hbond substituents is 1. The summed E-state index contributed by atoms with van der Waals surface area (Å²) in [6.45, 7) is 2.73. The third kappa shape index (κ3) is 4.84. The van der Waals surface area contributed by atoms with Crippen LogP contribution < -0.4 is 5.32 Å². The zero-order valence-corrected chi connectivity index (χ0v) is 13.5. The molecule has 1 aliphatic carbocycles. The van der Waals surface area contributed by atoms with Gasteiger partial charge in [-0.15, -0.1) is 0 Å². The molecule has 21 heavy (non-hydrogen) atoms. The summed E-state index contributed by atoms with van der Waals surface area (Å²) in [6.07, 6.45) is 3.36. The Bertz CT molecular complexity index is 464. The summed E-state index contributed by atoms with van der Waals surface area (Å²) in [6, 6.07) is 7.25. The van der Waals surface area contributed by atoms with E-state index in [4.69, 9.17) is 0 Å². The number of carbonyl (C=O) groups is 1. The monoisotopic (exact) mass is 308 g/mol. The second kappa shape index (κ2) is 7.59. The molecule has 2 rings (SSSR count). The van der Waals surface area contributed by atoms with Crippen LogP contribution in [0.15, 0.2) is 24.3 Å². The fourth-order valence-corrected chi connectivity index (χ4v) is 3.83. The topological polar surface area (TPSA) is 52.6 Å². The van der Waals surface area contributed by atoms with Gasteiger partial charge in [0.05, 0.1) is 0 Å². The number of hydrogen-bond acceptors (Lipinski definition) is 3. The molecule has 0 unspecified atom stereocenters. The molecule has 1 aliphatic rings. The summed E-state index contributed by atoms with van der Waals surface area (Å²) in [5, 5.41) is 13.1. The van der Waals surface area contributed by atoms with Crippen LogP contribution in [0, 0.1) is 0 Å². The lowest BCUT2D eigenvalue weighted by Gasteiger charge is -2.21. The molecule has 1 fully saturated rings. The van der Waals surface area contributed by atoms with E-state index >= 15 is 0 Å². The Kier molecular flexibility index (Phi) is 5.79. The van der Waals surface area contributed by atoms with Gasteiger partial charge in [-0.3, -0.25) is 0 Å². The molecule has 0 heterocycles. The summed E-state index contributed by atoms with van der Waals surface area (Å²) in [5.41, 5.74) is 1.01. The highest BCUT2D eigenvalue weighted by Gasteiger charge is 2.26. The van der Waals surface area contributed by atoms with Crippen LogP contribution in [0.1, 0.15) is 31.7 Å². The van der Waals surface area contributed by atoms with Gasteiger partial charge in [-0.25, -0.2) is 4.79 Å². The minimum absolute atomic E-state index is 0.0183. The molecule has 116 valence electrons. The number of aromatic hydroxyl groups is 1. The van der Waals surface area contributed by atoms with Crippen LogP contribution in [0.5, 0.6) is 5.75 Å². The van der Waals surface area contributed by atoms with E-state index in [1.807, 2.05) is 23.9 Å². The SMILES string of the molecule is CCS[C@@H]1CC[C@H](NC(=O)N(C)Cc2ccc(O)cc2)C1. The zero-order chi connectivity index (χ0) is 15.2. The van der Waals surface area contributed by atoms with Gasteiger partial charge in [-0.1, -0.05) is 19.1 Å². The number of amides is 2. The second-order valence-corrected chi connectivity index (χ2v) is 7.14. The van der Waals surface area contributed by atoms with Crippen molar-refractivity contribution in [2.75, 3.05) is 12.8 Å². The molecule has 0 saturated heterocycles.